The first-order valence-corrected chi connectivity index (χ1v) is 7.86. The maximum absolute atomic E-state index is 12.3. The second-order valence-electron chi connectivity index (χ2n) is 6.01. The third kappa shape index (κ3) is 4.65. The number of rotatable bonds is 5. The lowest BCUT2D eigenvalue weighted by Gasteiger charge is -2.28. The highest BCUT2D eigenvalue weighted by molar-refractivity contribution is 5.98. The smallest absolute Gasteiger partial charge is 0.251 e. The molecule has 4 N–H and O–H groups in total. The number of anilines is 1. The van der Waals surface area contributed by atoms with Crippen LogP contribution in [0.5, 0.6) is 0 Å². The Morgan fingerprint density at radius 2 is 1.88 bits per heavy atom. The first-order valence-electron chi connectivity index (χ1n) is 7.86. The first kappa shape index (κ1) is 17.7. The van der Waals surface area contributed by atoms with Crippen LogP contribution in [-0.2, 0) is 14.4 Å². The van der Waals surface area contributed by atoms with Crippen molar-refractivity contribution in [2.24, 2.45) is 11.7 Å². The minimum absolute atomic E-state index is 0.0893. The van der Waals surface area contributed by atoms with E-state index in [0.29, 0.717) is 30.5 Å². The van der Waals surface area contributed by atoms with Gasteiger partial charge in [-0.05, 0) is 43.0 Å². The number of ketones is 1. The van der Waals surface area contributed by atoms with Gasteiger partial charge in [-0.15, -0.1) is 0 Å². The summed E-state index contributed by atoms with van der Waals surface area (Å²) in [5.41, 5.74) is 6.32. The van der Waals surface area contributed by atoms with Gasteiger partial charge in [0.1, 0.15) is 11.8 Å². The van der Waals surface area contributed by atoms with Crippen LogP contribution in [0.3, 0.4) is 0 Å². The van der Waals surface area contributed by atoms with Crippen LogP contribution in [0, 0.1) is 5.92 Å². The highest BCUT2D eigenvalue weighted by Crippen LogP contribution is 2.24. The van der Waals surface area contributed by atoms with Gasteiger partial charge >= 0.3 is 0 Å². The van der Waals surface area contributed by atoms with E-state index in [0.717, 1.165) is 0 Å². The summed E-state index contributed by atoms with van der Waals surface area (Å²) >= 11 is 0. The van der Waals surface area contributed by atoms with Gasteiger partial charge in [-0.3, -0.25) is 19.2 Å². The monoisotopic (exact) mass is 331 g/mol. The predicted octanol–water partition coefficient (Wildman–Crippen LogP) is 0.988. The summed E-state index contributed by atoms with van der Waals surface area (Å²) in [5.74, 6) is -1.45. The quantitative estimate of drug-likeness (QED) is 0.745. The highest BCUT2D eigenvalue weighted by Gasteiger charge is 2.32. The number of nitrogens with one attached hydrogen (secondary N) is 2. The van der Waals surface area contributed by atoms with Crippen LogP contribution in [0.25, 0.3) is 0 Å². The summed E-state index contributed by atoms with van der Waals surface area (Å²) in [6, 6.07) is 5.42. The van der Waals surface area contributed by atoms with Gasteiger partial charge in [0.25, 0.3) is 5.91 Å². The fourth-order valence-electron chi connectivity index (χ4n) is 2.90. The number of carbonyl (C=O) groups excluding carboxylic acids is 4. The number of hydrogen-bond donors (Lipinski definition) is 3. The number of primary amides is 1. The molecule has 2 rings (SSSR count). The summed E-state index contributed by atoms with van der Waals surface area (Å²) in [6.07, 6.45) is 2.16. The summed E-state index contributed by atoms with van der Waals surface area (Å²) < 4.78 is 0. The van der Waals surface area contributed by atoms with Gasteiger partial charge in [-0.25, -0.2) is 0 Å². The summed E-state index contributed by atoms with van der Waals surface area (Å²) in [6.45, 7) is 1.39. The molecule has 7 heteroatoms. The van der Waals surface area contributed by atoms with Crippen molar-refractivity contribution >= 4 is 29.2 Å². The van der Waals surface area contributed by atoms with E-state index in [4.69, 9.17) is 5.73 Å². The number of amides is 3. The fraction of sp³-hybridized carbons (Fsp3) is 0.412. The van der Waals surface area contributed by atoms with Crippen LogP contribution in [0.4, 0.5) is 5.69 Å². The molecule has 2 atom stereocenters. The molecular formula is C17H21N3O4. The van der Waals surface area contributed by atoms with Gasteiger partial charge in [0, 0.05) is 31.0 Å². The molecule has 0 spiro atoms. The average Bonchev–Trinajstić information content (AvgIpc) is 2.52. The molecule has 0 aliphatic heterocycles. The van der Waals surface area contributed by atoms with Crippen LogP contribution in [0.1, 0.15) is 43.0 Å². The van der Waals surface area contributed by atoms with Crippen molar-refractivity contribution in [2.75, 3.05) is 5.32 Å². The number of carbonyl (C=O) groups is 4. The van der Waals surface area contributed by atoms with Crippen LogP contribution in [0.2, 0.25) is 0 Å². The Bertz CT molecular complexity index is 654. The minimum atomic E-state index is -0.864. The molecule has 1 fully saturated rings. The van der Waals surface area contributed by atoms with Gasteiger partial charge in [-0.2, -0.15) is 0 Å². The Kier molecular flexibility index (Phi) is 5.68. The Hall–Kier alpha value is -2.70. The SMILES string of the molecule is CC(=O)Nc1ccc(C(=O)N[C@H](C(N)=O)[C@@H]2CCCC(=O)C2)cc1. The van der Waals surface area contributed by atoms with E-state index in [1.807, 2.05) is 0 Å². The Balaban J connectivity index is 2.06. The Morgan fingerprint density at radius 1 is 1.21 bits per heavy atom. The van der Waals surface area contributed by atoms with Gasteiger partial charge in [0.05, 0.1) is 0 Å². The summed E-state index contributed by atoms with van der Waals surface area (Å²) in [5, 5.41) is 5.23. The summed E-state index contributed by atoms with van der Waals surface area (Å²) in [4.78, 5) is 46.6. The molecule has 0 bridgehead atoms. The van der Waals surface area contributed by atoms with E-state index in [2.05, 4.69) is 10.6 Å². The molecule has 1 aliphatic carbocycles. The lowest BCUT2D eigenvalue weighted by atomic mass is 9.82. The summed E-state index contributed by atoms with van der Waals surface area (Å²) in [7, 11) is 0. The normalized spacial score (nSPS) is 18.5. The van der Waals surface area contributed by atoms with Crippen LogP contribution < -0.4 is 16.4 Å². The van der Waals surface area contributed by atoms with E-state index < -0.39 is 17.9 Å². The van der Waals surface area contributed by atoms with Crippen LogP contribution in [0.15, 0.2) is 24.3 Å². The van der Waals surface area contributed by atoms with E-state index in [9.17, 15) is 19.2 Å². The molecule has 128 valence electrons. The number of nitrogens with two attached hydrogens (primary N) is 1. The first-order chi connectivity index (χ1) is 11.4. The zero-order valence-electron chi connectivity index (χ0n) is 13.5. The Labute approximate surface area is 140 Å². The Morgan fingerprint density at radius 3 is 2.42 bits per heavy atom. The average molecular weight is 331 g/mol. The van der Waals surface area contributed by atoms with E-state index in [1.54, 1.807) is 24.3 Å². The van der Waals surface area contributed by atoms with Crippen molar-refractivity contribution in [3.8, 4) is 0 Å². The van der Waals surface area contributed by atoms with Crippen LogP contribution >= 0.6 is 0 Å². The lowest BCUT2D eigenvalue weighted by molar-refractivity contribution is -0.124. The highest BCUT2D eigenvalue weighted by atomic mass is 16.2. The van der Waals surface area contributed by atoms with E-state index in [-0.39, 0.29) is 24.0 Å². The van der Waals surface area contributed by atoms with Gasteiger partial charge in [0.2, 0.25) is 11.8 Å². The molecule has 24 heavy (non-hydrogen) atoms. The number of hydrogen-bond acceptors (Lipinski definition) is 4. The van der Waals surface area contributed by atoms with Crippen molar-refractivity contribution in [1.82, 2.24) is 5.32 Å². The fourth-order valence-corrected chi connectivity index (χ4v) is 2.90. The second kappa shape index (κ2) is 7.72. The lowest BCUT2D eigenvalue weighted by Crippen LogP contribution is -2.50. The van der Waals surface area contributed by atoms with E-state index in [1.165, 1.54) is 6.92 Å². The molecule has 1 aromatic rings. The standard InChI is InChI=1S/C17H21N3O4/c1-10(21)19-13-7-5-11(6-8-13)17(24)20-15(16(18)23)12-3-2-4-14(22)9-12/h5-8,12,15H,2-4,9H2,1H3,(H2,18,23)(H,19,21)(H,20,24)/t12-,15+/m1/s1. The van der Waals surface area contributed by atoms with Crippen molar-refractivity contribution < 1.29 is 19.2 Å². The molecule has 0 radical (unpaired) electrons. The van der Waals surface area contributed by atoms with Crippen molar-refractivity contribution in [1.29, 1.82) is 0 Å². The molecule has 1 aliphatic rings. The van der Waals surface area contributed by atoms with Gasteiger partial charge in [-0.1, -0.05) is 0 Å². The molecule has 0 saturated heterocycles. The van der Waals surface area contributed by atoms with Crippen LogP contribution in [-0.4, -0.2) is 29.5 Å². The molecule has 0 heterocycles. The number of benzene rings is 1. The van der Waals surface area contributed by atoms with Gasteiger partial charge in [0.15, 0.2) is 0 Å². The maximum Gasteiger partial charge on any atom is 0.251 e. The van der Waals surface area contributed by atoms with Crippen molar-refractivity contribution in [3.05, 3.63) is 29.8 Å². The number of Topliss-reactive ketones (excluding diaryl/α,β-unsaturated/α-hetero) is 1. The molecule has 3 amide bonds. The zero-order valence-corrected chi connectivity index (χ0v) is 13.5. The second-order valence-corrected chi connectivity index (χ2v) is 6.01. The third-order valence-corrected chi connectivity index (χ3v) is 4.05. The topological polar surface area (TPSA) is 118 Å². The molecule has 0 aromatic heterocycles. The minimum Gasteiger partial charge on any atom is -0.368 e. The third-order valence-electron chi connectivity index (χ3n) is 4.05. The molecular weight excluding hydrogens is 310 g/mol. The van der Waals surface area contributed by atoms with E-state index >= 15 is 0 Å². The predicted molar refractivity (Wildman–Crippen MR) is 88.2 cm³/mol. The molecule has 1 saturated carbocycles. The van der Waals surface area contributed by atoms with Crippen molar-refractivity contribution in [2.45, 2.75) is 38.6 Å². The zero-order chi connectivity index (χ0) is 17.7. The molecule has 7 nitrogen and oxygen atoms in total. The van der Waals surface area contributed by atoms with Gasteiger partial charge < -0.3 is 16.4 Å². The van der Waals surface area contributed by atoms with Crippen molar-refractivity contribution in [3.63, 3.8) is 0 Å². The molecule has 1 aromatic carbocycles. The maximum atomic E-state index is 12.3. The molecule has 0 unspecified atom stereocenters. The largest absolute Gasteiger partial charge is 0.368 e.